The molecule has 0 amide bonds. The Hall–Kier alpha value is -1.02. The fourth-order valence-corrected chi connectivity index (χ4v) is 1.55. The van der Waals surface area contributed by atoms with E-state index in [1.54, 1.807) is 7.11 Å². The first-order valence-electron chi connectivity index (χ1n) is 5.49. The molecule has 0 aromatic rings. The van der Waals surface area contributed by atoms with E-state index in [-0.39, 0.29) is 0 Å². The van der Waals surface area contributed by atoms with Crippen LogP contribution in [0.2, 0.25) is 0 Å². The number of nitrogens with one attached hydrogen (secondary N) is 1. The molecule has 0 fully saturated rings. The highest BCUT2D eigenvalue weighted by molar-refractivity contribution is 5.31. The van der Waals surface area contributed by atoms with Crippen LogP contribution in [-0.2, 0) is 4.74 Å². The number of ether oxygens (including phenoxy) is 1. The second kappa shape index (κ2) is 6.46. The molecule has 0 unspecified atom stereocenters. The van der Waals surface area contributed by atoms with Crippen molar-refractivity contribution >= 4 is 0 Å². The highest BCUT2D eigenvalue weighted by Gasteiger charge is 2.01. The highest BCUT2D eigenvalue weighted by atomic mass is 16.5. The van der Waals surface area contributed by atoms with Crippen molar-refractivity contribution in [3.63, 3.8) is 0 Å². The van der Waals surface area contributed by atoms with Crippen LogP contribution in [0.5, 0.6) is 0 Å². The van der Waals surface area contributed by atoms with Gasteiger partial charge in [-0.25, -0.2) is 0 Å². The zero-order chi connectivity index (χ0) is 11.1. The van der Waals surface area contributed by atoms with E-state index in [0.29, 0.717) is 0 Å². The Labute approximate surface area is 92.7 Å². The van der Waals surface area contributed by atoms with Crippen molar-refractivity contribution in [2.75, 3.05) is 20.3 Å². The second-order valence-corrected chi connectivity index (χ2v) is 3.91. The lowest BCUT2D eigenvalue weighted by Crippen LogP contribution is -2.19. The second-order valence-electron chi connectivity index (χ2n) is 3.91. The molecule has 0 aromatic heterocycles. The van der Waals surface area contributed by atoms with E-state index >= 15 is 0 Å². The topological polar surface area (TPSA) is 21.3 Å². The molecule has 0 saturated heterocycles. The minimum atomic E-state index is 0.749. The maximum absolute atomic E-state index is 5.02. The quantitative estimate of drug-likeness (QED) is 0.565. The van der Waals surface area contributed by atoms with Gasteiger partial charge in [-0.1, -0.05) is 23.8 Å². The fourth-order valence-electron chi connectivity index (χ4n) is 1.55. The van der Waals surface area contributed by atoms with Crippen molar-refractivity contribution in [3.05, 3.63) is 35.1 Å². The van der Waals surface area contributed by atoms with Crippen LogP contribution in [0.25, 0.3) is 0 Å². The monoisotopic (exact) mass is 207 g/mol. The van der Waals surface area contributed by atoms with Gasteiger partial charge in [0.1, 0.15) is 0 Å². The molecule has 1 aliphatic carbocycles. The van der Waals surface area contributed by atoms with Crippen molar-refractivity contribution < 1.29 is 4.74 Å². The van der Waals surface area contributed by atoms with Gasteiger partial charge < -0.3 is 10.1 Å². The van der Waals surface area contributed by atoms with E-state index in [1.165, 1.54) is 16.8 Å². The lowest BCUT2D eigenvalue weighted by molar-refractivity contribution is 0.202. The molecule has 0 atom stereocenters. The van der Waals surface area contributed by atoms with Crippen LogP contribution < -0.4 is 5.32 Å². The molecule has 0 aliphatic heterocycles. The average Bonchev–Trinajstić information content (AvgIpc) is 2.22. The summed E-state index contributed by atoms with van der Waals surface area (Å²) in [7, 11) is 1.73. The van der Waals surface area contributed by atoms with Crippen molar-refractivity contribution in [2.24, 2.45) is 0 Å². The molecule has 0 radical (unpaired) electrons. The molecule has 1 rings (SSSR count). The van der Waals surface area contributed by atoms with Crippen LogP contribution >= 0.6 is 0 Å². The molecular weight excluding hydrogens is 186 g/mol. The Balaban J connectivity index is 2.57. The van der Waals surface area contributed by atoms with Crippen molar-refractivity contribution in [2.45, 2.75) is 26.7 Å². The lowest BCUT2D eigenvalue weighted by atomic mass is 10.0. The molecule has 1 aliphatic rings. The van der Waals surface area contributed by atoms with Gasteiger partial charge in [0, 0.05) is 19.4 Å². The van der Waals surface area contributed by atoms with E-state index in [2.05, 4.69) is 37.4 Å². The number of allylic oxidation sites excluding steroid dienone is 5. The summed E-state index contributed by atoms with van der Waals surface area (Å²) in [6.45, 7) is 5.96. The number of methoxy groups -OCH3 is 1. The Bertz CT molecular complexity index is 287. The van der Waals surface area contributed by atoms with Crippen LogP contribution in [0.1, 0.15) is 26.7 Å². The SMILES string of the molecule is COCCNC1=CC/C=C(/C)CC=C1C. The first-order valence-corrected chi connectivity index (χ1v) is 5.49. The van der Waals surface area contributed by atoms with Crippen LogP contribution in [-0.4, -0.2) is 20.3 Å². The van der Waals surface area contributed by atoms with Crippen LogP contribution in [0, 0.1) is 0 Å². The lowest BCUT2D eigenvalue weighted by Gasteiger charge is -2.13. The minimum Gasteiger partial charge on any atom is -0.383 e. The maximum atomic E-state index is 5.02. The van der Waals surface area contributed by atoms with Crippen molar-refractivity contribution in [1.82, 2.24) is 5.32 Å². The van der Waals surface area contributed by atoms with Gasteiger partial charge in [0.15, 0.2) is 0 Å². The minimum absolute atomic E-state index is 0.749. The molecule has 84 valence electrons. The van der Waals surface area contributed by atoms with Gasteiger partial charge in [0.2, 0.25) is 0 Å². The predicted molar refractivity (Wildman–Crippen MR) is 64.7 cm³/mol. The molecule has 0 spiro atoms. The number of hydrogen-bond acceptors (Lipinski definition) is 2. The summed E-state index contributed by atoms with van der Waals surface area (Å²) in [6.07, 6.45) is 8.88. The van der Waals surface area contributed by atoms with Gasteiger partial charge in [0.25, 0.3) is 0 Å². The summed E-state index contributed by atoms with van der Waals surface area (Å²) in [6, 6.07) is 0. The summed E-state index contributed by atoms with van der Waals surface area (Å²) >= 11 is 0. The summed E-state index contributed by atoms with van der Waals surface area (Å²) in [4.78, 5) is 0. The van der Waals surface area contributed by atoms with Crippen LogP contribution in [0.4, 0.5) is 0 Å². The molecule has 0 heterocycles. The number of hydrogen-bond donors (Lipinski definition) is 1. The standard InChI is InChI=1S/C13H21NO/c1-11-5-4-6-13(12(2)8-7-11)14-9-10-15-3/h5-6,8,14H,4,7,9-10H2,1-3H3/b11-5-,12-8?,13-6?. The molecule has 1 N–H and O–H groups in total. The highest BCUT2D eigenvalue weighted by Crippen LogP contribution is 2.15. The average molecular weight is 207 g/mol. The van der Waals surface area contributed by atoms with Gasteiger partial charge in [-0.05, 0) is 32.3 Å². The first-order chi connectivity index (χ1) is 7.24. The zero-order valence-corrected chi connectivity index (χ0v) is 9.97. The Morgan fingerprint density at radius 1 is 1.27 bits per heavy atom. The Kier molecular flexibility index (Phi) is 5.19. The van der Waals surface area contributed by atoms with Crippen LogP contribution in [0.3, 0.4) is 0 Å². The summed E-state index contributed by atoms with van der Waals surface area (Å²) in [5.41, 5.74) is 4.02. The third kappa shape index (κ3) is 4.34. The first kappa shape index (κ1) is 12.1. The van der Waals surface area contributed by atoms with E-state index < -0.39 is 0 Å². The third-order valence-corrected chi connectivity index (χ3v) is 2.56. The largest absolute Gasteiger partial charge is 0.383 e. The molecular formula is C13H21NO. The van der Waals surface area contributed by atoms with E-state index in [0.717, 1.165) is 26.0 Å². The normalized spacial score (nSPS) is 20.6. The molecule has 15 heavy (non-hydrogen) atoms. The Morgan fingerprint density at radius 2 is 2.07 bits per heavy atom. The third-order valence-electron chi connectivity index (χ3n) is 2.56. The van der Waals surface area contributed by atoms with Crippen LogP contribution in [0.15, 0.2) is 35.1 Å². The van der Waals surface area contributed by atoms with Gasteiger partial charge in [-0.15, -0.1) is 0 Å². The summed E-state index contributed by atoms with van der Waals surface area (Å²) in [5, 5.41) is 3.39. The van der Waals surface area contributed by atoms with Gasteiger partial charge in [-0.3, -0.25) is 0 Å². The Morgan fingerprint density at radius 3 is 2.80 bits per heavy atom. The molecule has 0 aromatic carbocycles. The molecule has 2 heteroatoms. The number of rotatable bonds is 4. The maximum Gasteiger partial charge on any atom is 0.0635 e. The van der Waals surface area contributed by atoms with E-state index in [9.17, 15) is 0 Å². The summed E-state index contributed by atoms with van der Waals surface area (Å²) in [5.74, 6) is 0. The molecule has 2 nitrogen and oxygen atoms in total. The molecule has 0 saturated carbocycles. The van der Waals surface area contributed by atoms with E-state index in [1.807, 2.05) is 0 Å². The van der Waals surface area contributed by atoms with Gasteiger partial charge >= 0.3 is 0 Å². The van der Waals surface area contributed by atoms with Gasteiger partial charge in [0.05, 0.1) is 6.61 Å². The fraction of sp³-hybridized carbons (Fsp3) is 0.538. The smallest absolute Gasteiger partial charge is 0.0635 e. The van der Waals surface area contributed by atoms with E-state index in [4.69, 9.17) is 4.74 Å². The zero-order valence-electron chi connectivity index (χ0n) is 9.97. The van der Waals surface area contributed by atoms with Crippen molar-refractivity contribution in [3.8, 4) is 0 Å². The summed E-state index contributed by atoms with van der Waals surface area (Å²) < 4.78 is 5.02. The van der Waals surface area contributed by atoms with Crippen molar-refractivity contribution in [1.29, 1.82) is 0 Å². The van der Waals surface area contributed by atoms with Gasteiger partial charge in [-0.2, -0.15) is 0 Å². The predicted octanol–water partition coefficient (Wildman–Crippen LogP) is 2.79. The molecule has 0 bridgehead atoms.